The van der Waals surface area contributed by atoms with Crippen molar-refractivity contribution in [1.82, 2.24) is 10.3 Å². The van der Waals surface area contributed by atoms with Crippen molar-refractivity contribution in [2.24, 2.45) is 0 Å². The predicted octanol–water partition coefficient (Wildman–Crippen LogP) is 1.38. The molecule has 0 saturated heterocycles. The SMILES string of the molecule is COCC(C)(C)NCc1ncccc1C(=O)OC. The van der Waals surface area contributed by atoms with Crippen LogP contribution in [0.5, 0.6) is 0 Å². The third-order valence-electron chi connectivity index (χ3n) is 2.54. The number of hydrogen-bond acceptors (Lipinski definition) is 5. The van der Waals surface area contributed by atoms with Crippen molar-refractivity contribution >= 4 is 5.97 Å². The van der Waals surface area contributed by atoms with Gasteiger partial charge in [-0.1, -0.05) is 0 Å². The van der Waals surface area contributed by atoms with Gasteiger partial charge in [-0.25, -0.2) is 4.79 Å². The molecular formula is C13H20N2O3. The summed E-state index contributed by atoms with van der Waals surface area (Å²) in [6, 6.07) is 3.43. The fourth-order valence-corrected chi connectivity index (χ4v) is 1.61. The second-order valence-electron chi connectivity index (χ2n) is 4.66. The second kappa shape index (κ2) is 6.47. The molecule has 1 heterocycles. The lowest BCUT2D eigenvalue weighted by molar-refractivity contribution is 0.0598. The minimum atomic E-state index is -0.371. The first-order chi connectivity index (χ1) is 8.50. The minimum absolute atomic E-state index is 0.181. The van der Waals surface area contributed by atoms with Crippen molar-refractivity contribution < 1.29 is 14.3 Å². The number of methoxy groups -OCH3 is 2. The fourth-order valence-electron chi connectivity index (χ4n) is 1.61. The van der Waals surface area contributed by atoms with E-state index in [0.717, 1.165) is 0 Å². The fraction of sp³-hybridized carbons (Fsp3) is 0.538. The molecule has 0 aliphatic heterocycles. The van der Waals surface area contributed by atoms with Crippen molar-refractivity contribution in [1.29, 1.82) is 0 Å². The molecule has 0 bridgehead atoms. The summed E-state index contributed by atoms with van der Waals surface area (Å²) in [4.78, 5) is 15.8. The molecule has 0 fully saturated rings. The van der Waals surface area contributed by atoms with E-state index in [9.17, 15) is 4.79 Å². The van der Waals surface area contributed by atoms with Crippen LogP contribution in [0.3, 0.4) is 0 Å². The Kier molecular flexibility index (Phi) is 5.25. The quantitative estimate of drug-likeness (QED) is 0.775. The molecule has 0 aliphatic carbocycles. The van der Waals surface area contributed by atoms with Gasteiger partial charge in [0.05, 0.1) is 25.0 Å². The van der Waals surface area contributed by atoms with Crippen molar-refractivity contribution in [2.45, 2.75) is 25.9 Å². The van der Waals surface area contributed by atoms with Gasteiger partial charge in [-0.2, -0.15) is 0 Å². The van der Waals surface area contributed by atoms with Gasteiger partial charge in [-0.15, -0.1) is 0 Å². The van der Waals surface area contributed by atoms with E-state index in [0.29, 0.717) is 24.4 Å². The highest BCUT2D eigenvalue weighted by Crippen LogP contribution is 2.09. The summed E-state index contributed by atoms with van der Waals surface area (Å²) in [5, 5.41) is 3.30. The highest BCUT2D eigenvalue weighted by atomic mass is 16.5. The molecule has 0 radical (unpaired) electrons. The highest BCUT2D eigenvalue weighted by molar-refractivity contribution is 5.90. The third-order valence-corrected chi connectivity index (χ3v) is 2.54. The number of aromatic nitrogens is 1. The molecule has 1 aromatic rings. The Bertz CT molecular complexity index is 405. The van der Waals surface area contributed by atoms with Crippen LogP contribution in [0.4, 0.5) is 0 Å². The van der Waals surface area contributed by atoms with Gasteiger partial charge in [0.15, 0.2) is 0 Å². The van der Waals surface area contributed by atoms with E-state index in [1.807, 2.05) is 13.8 Å². The molecule has 0 saturated carbocycles. The predicted molar refractivity (Wildman–Crippen MR) is 68.4 cm³/mol. The Morgan fingerprint density at radius 1 is 1.44 bits per heavy atom. The first-order valence-electron chi connectivity index (χ1n) is 5.76. The number of nitrogens with zero attached hydrogens (tertiary/aromatic N) is 1. The molecule has 5 nitrogen and oxygen atoms in total. The van der Waals surface area contributed by atoms with Crippen molar-refractivity contribution in [3.63, 3.8) is 0 Å². The van der Waals surface area contributed by atoms with Crippen LogP contribution in [0, 0.1) is 0 Å². The van der Waals surface area contributed by atoms with Crippen molar-refractivity contribution in [3.8, 4) is 0 Å². The monoisotopic (exact) mass is 252 g/mol. The van der Waals surface area contributed by atoms with Crippen LogP contribution in [0.2, 0.25) is 0 Å². The van der Waals surface area contributed by atoms with Crippen LogP contribution in [-0.4, -0.2) is 37.3 Å². The maximum Gasteiger partial charge on any atom is 0.339 e. The van der Waals surface area contributed by atoms with Gasteiger partial charge in [0.25, 0.3) is 0 Å². The van der Waals surface area contributed by atoms with Gasteiger partial charge in [-0.05, 0) is 26.0 Å². The Morgan fingerprint density at radius 2 is 2.17 bits per heavy atom. The molecule has 5 heteroatoms. The smallest absolute Gasteiger partial charge is 0.339 e. The van der Waals surface area contributed by atoms with E-state index in [1.165, 1.54) is 7.11 Å². The van der Waals surface area contributed by atoms with Crippen molar-refractivity contribution in [2.75, 3.05) is 20.8 Å². The normalized spacial score (nSPS) is 11.3. The maximum absolute atomic E-state index is 11.6. The molecule has 100 valence electrons. The summed E-state index contributed by atoms with van der Waals surface area (Å²) >= 11 is 0. The Balaban J connectivity index is 2.76. The van der Waals surface area contributed by atoms with E-state index in [2.05, 4.69) is 10.3 Å². The molecule has 0 aliphatic rings. The molecule has 1 aromatic heterocycles. The van der Waals surface area contributed by atoms with Crippen LogP contribution in [0.15, 0.2) is 18.3 Å². The summed E-state index contributed by atoms with van der Waals surface area (Å²) in [5.74, 6) is -0.371. The van der Waals surface area contributed by atoms with Gasteiger partial charge in [-0.3, -0.25) is 4.98 Å². The summed E-state index contributed by atoms with van der Waals surface area (Å²) in [6.07, 6.45) is 1.66. The number of carbonyl (C=O) groups is 1. The van der Waals surface area contributed by atoms with Crippen LogP contribution < -0.4 is 5.32 Å². The minimum Gasteiger partial charge on any atom is -0.465 e. The standard InChI is InChI=1S/C13H20N2O3/c1-13(2,9-17-3)15-8-11-10(12(16)18-4)6-5-7-14-11/h5-7,15H,8-9H2,1-4H3. The number of carbonyl (C=O) groups excluding carboxylic acids is 1. The first-order valence-corrected chi connectivity index (χ1v) is 5.76. The Hall–Kier alpha value is -1.46. The van der Waals surface area contributed by atoms with Crippen LogP contribution >= 0.6 is 0 Å². The van der Waals surface area contributed by atoms with E-state index in [1.54, 1.807) is 25.4 Å². The second-order valence-corrected chi connectivity index (χ2v) is 4.66. The zero-order chi connectivity index (χ0) is 13.6. The lowest BCUT2D eigenvalue weighted by Crippen LogP contribution is -2.43. The molecule has 0 unspecified atom stereocenters. The van der Waals surface area contributed by atoms with E-state index < -0.39 is 0 Å². The largest absolute Gasteiger partial charge is 0.465 e. The van der Waals surface area contributed by atoms with Crippen molar-refractivity contribution in [3.05, 3.63) is 29.6 Å². The molecule has 0 spiro atoms. The van der Waals surface area contributed by atoms with Crippen LogP contribution in [0.1, 0.15) is 29.9 Å². The molecule has 0 atom stereocenters. The van der Waals surface area contributed by atoms with Crippen LogP contribution in [-0.2, 0) is 16.0 Å². The maximum atomic E-state index is 11.6. The number of pyridine rings is 1. The summed E-state index contributed by atoms with van der Waals surface area (Å²) in [6.45, 7) is 5.11. The Morgan fingerprint density at radius 3 is 2.78 bits per heavy atom. The highest BCUT2D eigenvalue weighted by Gasteiger charge is 2.19. The molecule has 1 N–H and O–H groups in total. The van der Waals surface area contributed by atoms with Gasteiger partial charge >= 0.3 is 5.97 Å². The molecule has 18 heavy (non-hydrogen) atoms. The number of ether oxygens (including phenoxy) is 2. The lowest BCUT2D eigenvalue weighted by Gasteiger charge is -2.25. The lowest BCUT2D eigenvalue weighted by atomic mass is 10.1. The van der Waals surface area contributed by atoms with Gasteiger partial charge in [0, 0.05) is 25.4 Å². The van der Waals surface area contributed by atoms with E-state index in [4.69, 9.17) is 9.47 Å². The average Bonchev–Trinajstić information content (AvgIpc) is 2.36. The van der Waals surface area contributed by atoms with E-state index in [-0.39, 0.29) is 11.5 Å². The summed E-state index contributed by atoms with van der Waals surface area (Å²) < 4.78 is 9.84. The van der Waals surface area contributed by atoms with E-state index >= 15 is 0 Å². The first kappa shape index (κ1) is 14.6. The number of nitrogens with one attached hydrogen (secondary N) is 1. The molecule has 1 rings (SSSR count). The summed E-state index contributed by atoms with van der Waals surface area (Å²) in [5.41, 5.74) is 0.980. The zero-order valence-electron chi connectivity index (χ0n) is 11.3. The molecule has 0 amide bonds. The average molecular weight is 252 g/mol. The Labute approximate surface area is 108 Å². The van der Waals surface area contributed by atoms with Gasteiger partial charge < -0.3 is 14.8 Å². The third kappa shape index (κ3) is 4.09. The van der Waals surface area contributed by atoms with Gasteiger partial charge in [0.1, 0.15) is 0 Å². The van der Waals surface area contributed by atoms with Gasteiger partial charge in [0.2, 0.25) is 0 Å². The molecular weight excluding hydrogens is 232 g/mol. The molecule has 0 aromatic carbocycles. The van der Waals surface area contributed by atoms with Crippen LogP contribution in [0.25, 0.3) is 0 Å². The number of rotatable bonds is 6. The number of hydrogen-bond donors (Lipinski definition) is 1. The number of esters is 1. The zero-order valence-corrected chi connectivity index (χ0v) is 11.3. The topological polar surface area (TPSA) is 60.5 Å². The summed E-state index contributed by atoms with van der Waals surface area (Å²) in [7, 11) is 3.02.